The minimum atomic E-state index is -0.996. The van der Waals surface area contributed by atoms with Crippen molar-refractivity contribution in [2.75, 3.05) is 11.5 Å². The average Bonchev–Trinajstić information content (AvgIpc) is 2.86. The van der Waals surface area contributed by atoms with Gasteiger partial charge < -0.3 is 10.4 Å². The van der Waals surface area contributed by atoms with E-state index in [4.69, 9.17) is 0 Å². The van der Waals surface area contributed by atoms with Crippen LogP contribution in [0.3, 0.4) is 0 Å². The predicted molar refractivity (Wildman–Crippen MR) is 77.9 cm³/mol. The molecule has 0 fully saturated rings. The molecule has 1 aromatic carbocycles. The maximum Gasteiger partial charge on any atom is 0.260 e. The second-order valence-corrected chi connectivity index (χ2v) is 6.73. The number of aromatic hydroxyl groups is 1. The molecule has 0 saturated carbocycles. The summed E-state index contributed by atoms with van der Waals surface area (Å²) in [4.78, 5) is 16.1. The molecule has 2 N–H and O–H groups in total. The molecule has 0 aliphatic carbocycles. The largest absolute Gasteiger partial charge is 0.507 e. The fourth-order valence-electron chi connectivity index (χ4n) is 1.58. The molecule has 1 heterocycles. The first kappa shape index (κ1) is 14.1. The van der Waals surface area contributed by atoms with Crippen molar-refractivity contribution in [1.82, 2.24) is 5.32 Å². The first-order valence-corrected chi connectivity index (χ1v) is 8.15. The van der Waals surface area contributed by atoms with E-state index < -0.39 is 16.7 Å². The Morgan fingerprint density at radius 3 is 3.00 bits per heavy atom. The van der Waals surface area contributed by atoms with Crippen LogP contribution in [0.5, 0.6) is 5.75 Å². The SMILES string of the molecule is CCS(=O)C1CSC(NC(=O)c2ccccc2O)=N1. The Morgan fingerprint density at radius 1 is 1.58 bits per heavy atom. The number of carbonyl (C=O) groups excluding carboxylic acids is 1. The molecule has 5 nitrogen and oxygen atoms in total. The van der Waals surface area contributed by atoms with E-state index in [1.54, 1.807) is 12.1 Å². The van der Waals surface area contributed by atoms with Crippen LogP contribution in [0.2, 0.25) is 0 Å². The van der Waals surface area contributed by atoms with Crippen LogP contribution in [0.15, 0.2) is 29.3 Å². The van der Waals surface area contributed by atoms with Crippen LogP contribution in [-0.4, -0.2) is 37.3 Å². The van der Waals surface area contributed by atoms with E-state index in [9.17, 15) is 14.1 Å². The molecule has 0 bridgehead atoms. The predicted octanol–water partition coefficient (Wildman–Crippen LogP) is 1.32. The minimum Gasteiger partial charge on any atom is -0.507 e. The normalized spacial score (nSPS) is 19.8. The number of amidine groups is 1. The summed E-state index contributed by atoms with van der Waals surface area (Å²) in [6.07, 6.45) is 0. The lowest BCUT2D eigenvalue weighted by atomic mass is 10.2. The number of rotatable bonds is 3. The molecule has 0 radical (unpaired) electrons. The van der Waals surface area contributed by atoms with Crippen molar-refractivity contribution in [1.29, 1.82) is 0 Å². The van der Waals surface area contributed by atoms with Crippen LogP contribution in [0, 0.1) is 0 Å². The zero-order valence-electron chi connectivity index (χ0n) is 10.3. The van der Waals surface area contributed by atoms with Gasteiger partial charge in [0.25, 0.3) is 5.91 Å². The lowest BCUT2D eigenvalue weighted by Gasteiger charge is -2.05. The number of para-hydroxylation sites is 1. The second-order valence-electron chi connectivity index (χ2n) is 3.84. The van der Waals surface area contributed by atoms with E-state index >= 15 is 0 Å². The Morgan fingerprint density at radius 2 is 2.32 bits per heavy atom. The number of carbonyl (C=O) groups is 1. The molecule has 2 atom stereocenters. The standard InChI is InChI=1S/C12H14N2O3S2/c1-2-19(17)10-7-18-12(13-10)14-11(16)8-5-3-4-6-9(8)15/h3-6,10,15H,2,7H2,1H3,(H,13,14,16). The fraction of sp³-hybridized carbons (Fsp3) is 0.333. The van der Waals surface area contributed by atoms with Crippen LogP contribution in [0.1, 0.15) is 17.3 Å². The van der Waals surface area contributed by atoms with Gasteiger partial charge in [-0.1, -0.05) is 30.8 Å². The molecule has 0 spiro atoms. The van der Waals surface area contributed by atoms with Gasteiger partial charge in [-0.2, -0.15) is 0 Å². The summed E-state index contributed by atoms with van der Waals surface area (Å²) in [6, 6.07) is 6.31. The minimum absolute atomic E-state index is 0.0720. The smallest absolute Gasteiger partial charge is 0.260 e. The molecule has 7 heteroatoms. The van der Waals surface area contributed by atoms with Crippen LogP contribution in [0.25, 0.3) is 0 Å². The lowest BCUT2D eigenvalue weighted by Crippen LogP contribution is -2.27. The van der Waals surface area contributed by atoms with E-state index in [2.05, 4.69) is 10.3 Å². The monoisotopic (exact) mass is 298 g/mol. The second kappa shape index (κ2) is 6.21. The molecular formula is C12H14N2O3S2. The van der Waals surface area contributed by atoms with Gasteiger partial charge in [0.15, 0.2) is 5.17 Å². The Bertz CT molecular complexity index is 546. The van der Waals surface area contributed by atoms with Crippen molar-refractivity contribution in [3.8, 4) is 5.75 Å². The van der Waals surface area contributed by atoms with Crippen molar-refractivity contribution in [3.05, 3.63) is 29.8 Å². The van der Waals surface area contributed by atoms with Crippen LogP contribution >= 0.6 is 11.8 Å². The fourth-order valence-corrected chi connectivity index (χ4v) is 3.81. The first-order chi connectivity index (χ1) is 9.11. The number of aliphatic imine (C=N–C) groups is 1. The molecule has 0 saturated heterocycles. The molecule has 1 aromatic rings. The molecule has 1 aliphatic heterocycles. The van der Waals surface area contributed by atoms with Gasteiger partial charge in [-0.25, -0.2) is 4.99 Å². The van der Waals surface area contributed by atoms with E-state index in [-0.39, 0.29) is 16.7 Å². The van der Waals surface area contributed by atoms with Crippen LogP contribution in [0.4, 0.5) is 0 Å². The topological polar surface area (TPSA) is 78.8 Å². The van der Waals surface area contributed by atoms with Gasteiger partial charge in [0.1, 0.15) is 11.1 Å². The number of amides is 1. The number of phenols is 1. The van der Waals surface area contributed by atoms with E-state index in [1.165, 1.54) is 23.9 Å². The van der Waals surface area contributed by atoms with Gasteiger partial charge in [0, 0.05) is 22.3 Å². The molecule has 19 heavy (non-hydrogen) atoms. The Balaban J connectivity index is 2.05. The highest BCUT2D eigenvalue weighted by atomic mass is 32.2. The zero-order chi connectivity index (χ0) is 13.8. The highest BCUT2D eigenvalue weighted by Gasteiger charge is 2.24. The number of nitrogens with one attached hydrogen (secondary N) is 1. The summed E-state index contributed by atoms with van der Waals surface area (Å²) in [6.45, 7) is 1.84. The highest BCUT2D eigenvalue weighted by Crippen LogP contribution is 2.21. The van der Waals surface area contributed by atoms with Crippen LogP contribution < -0.4 is 5.32 Å². The summed E-state index contributed by atoms with van der Waals surface area (Å²) in [5, 5.41) is 12.4. The third-order valence-electron chi connectivity index (χ3n) is 2.58. The summed E-state index contributed by atoms with van der Waals surface area (Å²) in [5.41, 5.74) is 0.200. The molecular weight excluding hydrogens is 284 g/mol. The zero-order valence-corrected chi connectivity index (χ0v) is 12.0. The third-order valence-corrected chi connectivity index (χ3v) is 5.20. The maximum absolute atomic E-state index is 11.9. The van der Waals surface area contributed by atoms with Gasteiger partial charge in [-0.15, -0.1) is 0 Å². The highest BCUT2D eigenvalue weighted by molar-refractivity contribution is 8.14. The van der Waals surface area contributed by atoms with E-state index in [0.717, 1.165) is 0 Å². The van der Waals surface area contributed by atoms with E-state index in [0.29, 0.717) is 16.7 Å². The molecule has 1 aliphatic rings. The van der Waals surface area contributed by atoms with Crippen molar-refractivity contribution in [3.63, 3.8) is 0 Å². The molecule has 1 amide bonds. The summed E-state index contributed by atoms with van der Waals surface area (Å²) in [5.74, 6) is 0.677. The van der Waals surface area contributed by atoms with E-state index in [1.807, 2.05) is 6.92 Å². The van der Waals surface area contributed by atoms with Gasteiger partial charge in [-0.05, 0) is 12.1 Å². The van der Waals surface area contributed by atoms with Crippen molar-refractivity contribution < 1.29 is 14.1 Å². The molecule has 102 valence electrons. The van der Waals surface area contributed by atoms with Gasteiger partial charge in [0.2, 0.25) is 0 Å². The molecule has 0 aromatic heterocycles. The van der Waals surface area contributed by atoms with Gasteiger partial charge in [0.05, 0.1) is 5.56 Å². The number of phenolic OH excluding ortho intramolecular Hbond substituents is 1. The number of nitrogens with zero attached hydrogens (tertiary/aromatic N) is 1. The van der Waals surface area contributed by atoms with Crippen LogP contribution in [-0.2, 0) is 10.8 Å². The van der Waals surface area contributed by atoms with Crippen molar-refractivity contribution in [2.24, 2.45) is 4.99 Å². The Hall–Kier alpha value is -1.34. The number of hydrogen-bond acceptors (Lipinski definition) is 5. The van der Waals surface area contributed by atoms with Gasteiger partial charge in [-0.3, -0.25) is 9.00 Å². The molecule has 2 unspecified atom stereocenters. The van der Waals surface area contributed by atoms with Gasteiger partial charge >= 0.3 is 0 Å². The number of thioether (sulfide) groups is 1. The Labute approximate surface area is 118 Å². The molecule has 2 rings (SSSR count). The quantitative estimate of drug-likeness (QED) is 0.882. The van der Waals surface area contributed by atoms with Crippen molar-refractivity contribution in [2.45, 2.75) is 12.3 Å². The summed E-state index contributed by atoms with van der Waals surface area (Å²) >= 11 is 1.37. The van der Waals surface area contributed by atoms with Crippen molar-refractivity contribution >= 4 is 33.6 Å². The first-order valence-electron chi connectivity index (χ1n) is 5.79. The maximum atomic E-state index is 11.9. The number of benzene rings is 1. The average molecular weight is 298 g/mol. The summed E-state index contributed by atoms with van der Waals surface area (Å²) in [7, 11) is -0.996. The third kappa shape index (κ3) is 3.36. The lowest BCUT2D eigenvalue weighted by molar-refractivity contribution is 0.0975. The Kier molecular flexibility index (Phi) is 4.60. The number of hydrogen-bond donors (Lipinski definition) is 2. The summed E-state index contributed by atoms with van der Waals surface area (Å²) < 4.78 is 11.6.